The van der Waals surface area contributed by atoms with Gasteiger partial charge in [0.25, 0.3) is 0 Å². The van der Waals surface area contributed by atoms with Gasteiger partial charge in [0, 0.05) is 176 Å². The van der Waals surface area contributed by atoms with Gasteiger partial charge in [-0.15, -0.1) is 0 Å². The Morgan fingerprint density at radius 3 is 0.873 bits per heavy atom. The summed E-state index contributed by atoms with van der Waals surface area (Å²) in [6.07, 6.45) is 6.86. The van der Waals surface area contributed by atoms with Gasteiger partial charge in [-0.25, -0.2) is 0 Å². The molecule has 4 aromatic carbocycles. The third-order valence-electron chi connectivity index (χ3n) is 11.8. The van der Waals surface area contributed by atoms with Crippen LogP contribution in [0.3, 0.4) is 0 Å². The van der Waals surface area contributed by atoms with Gasteiger partial charge in [-0.05, 0) is 130 Å². The molecule has 63 heavy (non-hydrogen) atoms. The molecule has 304 valence electrons. The molecule has 6 heteroatoms. The van der Waals surface area contributed by atoms with Crippen LogP contribution in [0.2, 0.25) is 0 Å². The molecule has 8 bridgehead atoms. The second-order valence-corrected chi connectivity index (χ2v) is 15.4. The molecule has 10 rings (SSSR count). The van der Waals surface area contributed by atoms with E-state index in [0.29, 0.717) is 0 Å². The summed E-state index contributed by atoms with van der Waals surface area (Å²) in [4.78, 5) is 26.3. The summed E-state index contributed by atoms with van der Waals surface area (Å²) in [6.45, 7) is 9.04. The molecule has 0 radical (unpaired) electrons. The Bertz CT molecular complexity index is 2630. The normalized spacial score (nSPS) is 12.1. The largest absolute Gasteiger partial charge is 0.628 e. The van der Waals surface area contributed by atoms with Crippen LogP contribution in [0.25, 0.3) is 0 Å². The summed E-state index contributed by atoms with van der Waals surface area (Å²) in [5, 5.41) is 0. The molecule has 0 saturated carbocycles. The second-order valence-electron chi connectivity index (χ2n) is 15.4. The zero-order valence-electron chi connectivity index (χ0n) is 36.5. The van der Waals surface area contributed by atoms with E-state index in [-0.39, 0.29) is 19.5 Å². The fraction of sp³-hybridized carbons (Fsp3) is 0.140. The van der Waals surface area contributed by atoms with Crippen molar-refractivity contribution in [1.82, 2.24) is 24.9 Å². The van der Waals surface area contributed by atoms with Crippen LogP contribution in [0.15, 0.2) is 176 Å². The Labute approximate surface area is 385 Å². The Morgan fingerprint density at radius 1 is 0.317 bits per heavy atom. The average Bonchev–Trinajstić information content (AvgIpc) is 4.16. The van der Waals surface area contributed by atoms with Crippen LogP contribution in [0.5, 0.6) is 0 Å². The van der Waals surface area contributed by atoms with Crippen LogP contribution in [-0.4, -0.2) is 4.98 Å². The van der Waals surface area contributed by atoms with Gasteiger partial charge in [0.15, 0.2) is 0 Å². The Morgan fingerprint density at radius 2 is 0.587 bits per heavy atom. The van der Waals surface area contributed by atoms with E-state index in [1.54, 1.807) is 12.4 Å². The van der Waals surface area contributed by atoms with E-state index >= 15 is 0 Å². The summed E-state index contributed by atoms with van der Waals surface area (Å²) in [5.74, 6) is 4.16. The van der Waals surface area contributed by atoms with E-state index in [4.69, 9.17) is 19.9 Å². The average molecular weight is 869 g/mol. The van der Waals surface area contributed by atoms with Crippen molar-refractivity contribution in [3.63, 3.8) is 0 Å². The number of pyridine rings is 1. The molecule has 5 nitrogen and oxygen atoms in total. The van der Waals surface area contributed by atoms with E-state index in [2.05, 4.69) is 178 Å². The van der Waals surface area contributed by atoms with Crippen LogP contribution in [0.4, 0.5) is 0 Å². The van der Waals surface area contributed by atoms with Crippen LogP contribution >= 0.6 is 0 Å². The molecule has 0 aliphatic carbocycles. The minimum Gasteiger partial charge on any atom is -0.628 e. The van der Waals surface area contributed by atoms with Crippen molar-refractivity contribution in [1.29, 1.82) is 0 Å². The first-order valence-electron chi connectivity index (χ1n) is 21.8. The van der Waals surface area contributed by atoms with Gasteiger partial charge in [0.05, 0.1) is 22.3 Å². The summed E-state index contributed by atoms with van der Waals surface area (Å²) in [5.41, 5.74) is 17.0. The van der Waals surface area contributed by atoms with E-state index in [1.807, 2.05) is 18.2 Å². The monoisotopic (exact) mass is 867 g/mol. The molecule has 5 aromatic heterocycles. The maximum atomic E-state index is 5.78. The number of nitrogens with zero attached hydrogens (tertiary/aromatic N) is 5. The Kier molecular flexibility index (Phi) is 13.3. The fourth-order valence-corrected chi connectivity index (χ4v) is 9.05. The summed E-state index contributed by atoms with van der Waals surface area (Å²) in [6, 6.07) is 57.0. The van der Waals surface area contributed by atoms with Gasteiger partial charge < -0.3 is 19.9 Å². The van der Waals surface area contributed by atoms with E-state index in [0.717, 1.165) is 117 Å². The summed E-state index contributed by atoms with van der Waals surface area (Å²) in [7, 11) is 0. The van der Waals surface area contributed by atoms with Crippen LogP contribution in [-0.2, 0) is 45.2 Å². The van der Waals surface area contributed by atoms with E-state index in [1.165, 1.54) is 22.3 Å². The molecule has 0 spiro atoms. The molecular weight excluding hydrogens is 820 g/mol. The summed E-state index contributed by atoms with van der Waals surface area (Å²) < 4.78 is 0. The third-order valence-corrected chi connectivity index (χ3v) is 11.8. The van der Waals surface area contributed by atoms with Crippen molar-refractivity contribution in [2.45, 2.75) is 53.4 Å². The number of rotatable bonds is 8. The molecule has 1 aliphatic heterocycles. The first-order valence-corrected chi connectivity index (χ1v) is 21.8. The quantitative estimate of drug-likeness (QED) is 0.112. The predicted octanol–water partition coefficient (Wildman–Crippen LogP) is 11.2. The molecule has 6 heterocycles. The fourth-order valence-electron chi connectivity index (χ4n) is 9.05. The zero-order valence-corrected chi connectivity index (χ0v) is 39.5. The van der Waals surface area contributed by atoms with Crippen molar-refractivity contribution in [2.75, 3.05) is 0 Å². The molecule has 0 amide bonds. The Balaban J connectivity index is 0.000000719. The Hall–Kier alpha value is -6.75. The maximum absolute atomic E-state index is 5.78. The van der Waals surface area contributed by atoms with Gasteiger partial charge in [0.1, 0.15) is 0 Å². The van der Waals surface area contributed by atoms with Gasteiger partial charge in [-0.3, -0.25) is 4.98 Å². The second kappa shape index (κ2) is 19.5. The van der Waals surface area contributed by atoms with Gasteiger partial charge in [-0.2, -0.15) is 0 Å². The standard InChI is InChI=1S/C52H44N4.C5H5N.Zn/c1-5-37-39(7-3)51-48(36-27-19-12-20-28-36)52-40(8-4)38(6-2)50(56-52)47(35-25-17-11-18-26-35)44-32-30-42(54-44)45(33-21-13-9-14-22-33)41-29-31-43(53-41)46(49(37)55-51)34-23-15-10-16-24-34;1-2-4-6-5-3-1;/h9-32H,5-8H2,1-4H3;1-5H;. The van der Waals surface area contributed by atoms with Crippen molar-refractivity contribution in [3.8, 4) is 0 Å². The number of benzene rings is 4. The molecule has 0 N–H and O–H groups in total. The molecule has 9 aromatic rings. The molecule has 0 unspecified atom stereocenters. The van der Waals surface area contributed by atoms with Crippen LogP contribution < -0.4 is 19.9 Å². The number of hydrogen-bond donors (Lipinski definition) is 0. The smallest absolute Gasteiger partial charge is 0.0768 e. The minimum atomic E-state index is 0. The number of hydrogen-bond acceptors (Lipinski definition) is 1. The number of aromatic nitrogens is 5. The van der Waals surface area contributed by atoms with Crippen molar-refractivity contribution >= 4 is 0 Å². The third kappa shape index (κ3) is 8.32. The predicted molar refractivity (Wildman–Crippen MR) is 249 cm³/mol. The first kappa shape index (κ1) is 42.9. The van der Waals surface area contributed by atoms with Crippen molar-refractivity contribution < 1.29 is 19.5 Å². The van der Waals surface area contributed by atoms with Crippen molar-refractivity contribution in [3.05, 3.63) is 290 Å². The zero-order chi connectivity index (χ0) is 42.4. The molecule has 1 aliphatic rings. The van der Waals surface area contributed by atoms with Gasteiger partial charge in [0.2, 0.25) is 0 Å². The van der Waals surface area contributed by atoms with Gasteiger partial charge in [-0.1, -0.05) is 33.8 Å². The van der Waals surface area contributed by atoms with Gasteiger partial charge >= 0.3 is 0 Å². The van der Waals surface area contributed by atoms with Crippen molar-refractivity contribution in [2.24, 2.45) is 0 Å². The van der Waals surface area contributed by atoms with Crippen LogP contribution in [0, 0.1) is 23.7 Å². The summed E-state index contributed by atoms with van der Waals surface area (Å²) >= 11 is 0. The molecular formula is C57H49N5Zn. The minimum absolute atomic E-state index is 0. The first-order chi connectivity index (χ1) is 30.6. The van der Waals surface area contributed by atoms with Crippen LogP contribution in [0.1, 0.15) is 118 Å². The van der Waals surface area contributed by atoms with E-state index in [9.17, 15) is 0 Å². The topological polar surface area (TPSA) is 69.3 Å². The molecule has 0 fully saturated rings. The molecule has 0 saturated heterocycles. The number of fused-ring (bicyclic) bond motifs is 8. The maximum Gasteiger partial charge on any atom is 0.0768 e. The SMILES string of the molecule is CCc1c2[n-]c(c1CC)[C+](c1ccccc1)c1[n-]c(c(CC)c1CC)[C+](c1ccccc1)c1ccc([n-]1)[C+](c1ccccc1)c1ccc([n-]1)[C+]2c1ccccc1.[Zn].c1ccncc1. The molecule has 0 atom stereocenters. The van der Waals surface area contributed by atoms with E-state index < -0.39 is 0 Å².